The van der Waals surface area contributed by atoms with Gasteiger partial charge in [-0.1, -0.05) is 18.3 Å². The Morgan fingerprint density at radius 1 is 1.50 bits per heavy atom. The molecule has 0 amide bonds. The fraction of sp³-hybridized carbons (Fsp3) is 0.111. The quantitative estimate of drug-likeness (QED) is 0.668. The van der Waals surface area contributed by atoms with Crippen molar-refractivity contribution < 1.29 is 9.13 Å². The van der Waals surface area contributed by atoms with Gasteiger partial charge in [0.05, 0.1) is 7.11 Å². The van der Waals surface area contributed by atoms with Crippen molar-refractivity contribution >= 4 is 11.8 Å². The minimum Gasteiger partial charge on any atom is -0.497 e. The Bertz CT molecular complexity index is 286. The van der Waals surface area contributed by atoms with Crippen molar-refractivity contribution in [3.05, 3.63) is 36.0 Å². The van der Waals surface area contributed by atoms with Crippen LogP contribution >= 0.6 is 11.8 Å². The third-order valence-corrected chi connectivity index (χ3v) is 1.97. The van der Waals surface area contributed by atoms with Crippen LogP contribution in [-0.2, 0) is 0 Å². The molecule has 1 aromatic carbocycles. The molecule has 1 aromatic rings. The molecule has 64 valence electrons. The van der Waals surface area contributed by atoms with E-state index < -0.39 is 0 Å². The van der Waals surface area contributed by atoms with Crippen molar-refractivity contribution in [2.45, 2.75) is 4.90 Å². The Morgan fingerprint density at radius 2 is 2.25 bits per heavy atom. The molecule has 0 aliphatic carbocycles. The van der Waals surface area contributed by atoms with Crippen molar-refractivity contribution in [1.82, 2.24) is 0 Å². The molecular formula is C9H9FOS. The lowest BCUT2D eigenvalue weighted by molar-refractivity contribution is 0.410. The van der Waals surface area contributed by atoms with E-state index in [2.05, 4.69) is 6.58 Å². The average Bonchev–Trinajstić information content (AvgIpc) is 2.04. The van der Waals surface area contributed by atoms with Gasteiger partial charge >= 0.3 is 0 Å². The maximum absolute atomic E-state index is 12.8. The van der Waals surface area contributed by atoms with E-state index in [0.717, 1.165) is 4.90 Å². The van der Waals surface area contributed by atoms with Crippen LogP contribution in [0, 0.1) is 5.82 Å². The summed E-state index contributed by atoms with van der Waals surface area (Å²) >= 11 is 1.36. The molecule has 0 heterocycles. The number of ether oxygens (including phenoxy) is 1. The minimum absolute atomic E-state index is 0.293. The molecule has 0 saturated carbocycles. The van der Waals surface area contributed by atoms with E-state index in [4.69, 9.17) is 4.74 Å². The third-order valence-electron chi connectivity index (χ3n) is 1.30. The van der Waals surface area contributed by atoms with Crippen LogP contribution in [0.4, 0.5) is 4.39 Å². The molecule has 0 aromatic heterocycles. The SMILES string of the molecule is C=CSc1cc(F)cc(OC)c1. The van der Waals surface area contributed by atoms with Crippen molar-refractivity contribution in [3.63, 3.8) is 0 Å². The first-order valence-corrected chi connectivity index (χ1v) is 4.26. The topological polar surface area (TPSA) is 9.23 Å². The van der Waals surface area contributed by atoms with E-state index in [1.807, 2.05) is 0 Å². The van der Waals surface area contributed by atoms with E-state index in [1.165, 1.54) is 31.0 Å². The lowest BCUT2D eigenvalue weighted by Crippen LogP contribution is -1.84. The highest BCUT2D eigenvalue weighted by atomic mass is 32.2. The van der Waals surface area contributed by atoms with Crippen LogP contribution in [0.3, 0.4) is 0 Å². The zero-order valence-electron chi connectivity index (χ0n) is 6.71. The maximum atomic E-state index is 12.8. The zero-order valence-corrected chi connectivity index (χ0v) is 7.53. The number of thioether (sulfide) groups is 1. The van der Waals surface area contributed by atoms with Crippen LogP contribution in [0.25, 0.3) is 0 Å². The highest BCUT2D eigenvalue weighted by Gasteiger charge is 1.99. The number of benzene rings is 1. The Balaban J connectivity index is 2.97. The summed E-state index contributed by atoms with van der Waals surface area (Å²) in [6.07, 6.45) is 0. The molecule has 0 saturated heterocycles. The van der Waals surface area contributed by atoms with E-state index >= 15 is 0 Å². The molecule has 0 fully saturated rings. The lowest BCUT2D eigenvalue weighted by Gasteiger charge is -2.01. The number of methoxy groups -OCH3 is 1. The van der Waals surface area contributed by atoms with Crippen LogP contribution in [-0.4, -0.2) is 7.11 Å². The van der Waals surface area contributed by atoms with Gasteiger partial charge in [-0.05, 0) is 17.5 Å². The van der Waals surface area contributed by atoms with Gasteiger partial charge in [0.1, 0.15) is 11.6 Å². The normalized spacial score (nSPS) is 9.50. The number of rotatable bonds is 3. The molecule has 1 nitrogen and oxygen atoms in total. The monoisotopic (exact) mass is 184 g/mol. The maximum Gasteiger partial charge on any atom is 0.128 e. The molecule has 3 heteroatoms. The van der Waals surface area contributed by atoms with Crippen molar-refractivity contribution in [2.75, 3.05) is 7.11 Å². The molecular weight excluding hydrogens is 175 g/mol. The van der Waals surface area contributed by atoms with Crippen LogP contribution in [0.2, 0.25) is 0 Å². The van der Waals surface area contributed by atoms with Crippen LogP contribution in [0.1, 0.15) is 0 Å². The van der Waals surface area contributed by atoms with Crippen molar-refractivity contribution in [2.24, 2.45) is 0 Å². The van der Waals surface area contributed by atoms with Gasteiger partial charge in [-0.15, -0.1) is 0 Å². The fourth-order valence-electron chi connectivity index (χ4n) is 0.819. The average molecular weight is 184 g/mol. The fourth-order valence-corrected chi connectivity index (χ4v) is 1.38. The van der Waals surface area contributed by atoms with Crippen LogP contribution in [0.15, 0.2) is 35.1 Å². The van der Waals surface area contributed by atoms with Gasteiger partial charge in [0.15, 0.2) is 0 Å². The number of hydrogen-bond acceptors (Lipinski definition) is 2. The Hall–Kier alpha value is -0.960. The first kappa shape index (κ1) is 9.13. The summed E-state index contributed by atoms with van der Waals surface area (Å²) in [7, 11) is 1.51. The highest BCUT2D eigenvalue weighted by molar-refractivity contribution is 8.02. The summed E-state index contributed by atoms with van der Waals surface area (Å²) in [6.45, 7) is 3.54. The van der Waals surface area contributed by atoms with Gasteiger partial charge in [0.2, 0.25) is 0 Å². The van der Waals surface area contributed by atoms with Gasteiger partial charge in [-0.3, -0.25) is 0 Å². The summed E-state index contributed by atoms with van der Waals surface area (Å²) in [5.41, 5.74) is 0. The zero-order chi connectivity index (χ0) is 8.97. The van der Waals surface area contributed by atoms with Gasteiger partial charge in [-0.2, -0.15) is 0 Å². The van der Waals surface area contributed by atoms with E-state index in [1.54, 1.807) is 11.5 Å². The highest BCUT2D eigenvalue weighted by Crippen LogP contribution is 2.24. The number of hydrogen-bond donors (Lipinski definition) is 0. The summed E-state index contributed by atoms with van der Waals surface area (Å²) in [4.78, 5) is 0.793. The summed E-state index contributed by atoms with van der Waals surface area (Å²) in [5, 5.41) is 1.65. The standard InChI is InChI=1S/C9H9FOS/c1-3-12-9-5-7(10)4-8(6-9)11-2/h3-6H,1H2,2H3. The predicted molar refractivity (Wildman–Crippen MR) is 49.0 cm³/mol. The summed E-state index contributed by atoms with van der Waals surface area (Å²) in [6, 6.07) is 4.54. The second kappa shape index (κ2) is 4.16. The molecule has 0 aliphatic heterocycles. The number of halogens is 1. The molecule has 0 aliphatic rings. The first-order valence-electron chi connectivity index (χ1n) is 3.38. The van der Waals surface area contributed by atoms with Gasteiger partial charge < -0.3 is 4.74 Å². The van der Waals surface area contributed by atoms with Crippen LogP contribution in [0.5, 0.6) is 5.75 Å². The van der Waals surface area contributed by atoms with Crippen molar-refractivity contribution in [3.8, 4) is 5.75 Å². The lowest BCUT2D eigenvalue weighted by atomic mass is 10.3. The molecule has 0 unspecified atom stereocenters. The van der Waals surface area contributed by atoms with Gasteiger partial charge in [0.25, 0.3) is 0 Å². The molecule has 0 bridgehead atoms. The molecule has 0 radical (unpaired) electrons. The van der Waals surface area contributed by atoms with Gasteiger partial charge in [0, 0.05) is 11.0 Å². The molecule has 0 atom stereocenters. The Labute approximate surface area is 75.2 Å². The van der Waals surface area contributed by atoms with Crippen molar-refractivity contribution in [1.29, 1.82) is 0 Å². The predicted octanol–water partition coefficient (Wildman–Crippen LogP) is 3.07. The minimum atomic E-state index is -0.293. The van der Waals surface area contributed by atoms with E-state index in [0.29, 0.717) is 5.75 Å². The van der Waals surface area contributed by atoms with E-state index in [-0.39, 0.29) is 5.82 Å². The summed E-state index contributed by atoms with van der Waals surface area (Å²) in [5.74, 6) is 0.234. The molecule has 0 N–H and O–H groups in total. The van der Waals surface area contributed by atoms with Gasteiger partial charge in [-0.25, -0.2) is 4.39 Å². The third kappa shape index (κ3) is 2.27. The second-order valence-corrected chi connectivity index (χ2v) is 3.15. The van der Waals surface area contributed by atoms with E-state index in [9.17, 15) is 4.39 Å². The Morgan fingerprint density at radius 3 is 2.83 bits per heavy atom. The molecule has 12 heavy (non-hydrogen) atoms. The largest absolute Gasteiger partial charge is 0.497 e. The summed E-state index contributed by atoms with van der Waals surface area (Å²) < 4.78 is 17.7. The first-order chi connectivity index (χ1) is 5.76. The van der Waals surface area contributed by atoms with Crippen LogP contribution < -0.4 is 4.74 Å². The Kier molecular flexibility index (Phi) is 3.17. The molecule has 0 spiro atoms. The molecule has 1 rings (SSSR count). The second-order valence-electron chi connectivity index (χ2n) is 2.11. The smallest absolute Gasteiger partial charge is 0.128 e.